The van der Waals surface area contributed by atoms with Crippen molar-refractivity contribution in [2.45, 2.75) is 26.7 Å². The first-order chi connectivity index (χ1) is 7.65. The molecule has 0 amide bonds. The van der Waals surface area contributed by atoms with Gasteiger partial charge in [0.05, 0.1) is 0 Å². The van der Waals surface area contributed by atoms with Crippen LogP contribution in [0.5, 0.6) is 0 Å². The van der Waals surface area contributed by atoms with Gasteiger partial charge in [-0.15, -0.1) is 0 Å². The first-order valence-electron chi connectivity index (χ1n) is 6.42. The zero-order valence-electron chi connectivity index (χ0n) is 10.4. The number of aldehydes is 1. The molecule has 2 aliphatic rings. The monoisotopic (exact) mass is 225 g/mol. The molecular formula is C13H23NO2. The average molecular weight is 225 g/mol. The maximum Gasteiger partial charge on any atom is 0.127 e. The van der Waals surface area contributed by atoms with Crippen molar-refractivity contribution in [1.29, 1.82) is 0 Å². The zero-order valence-corrected chi connectivity index (χ0v) is 10.4. The van der Waals surface area contributed by atoms with Gasteiger partial charge in [0.1, 0.15) is 6.29 Å². The second-order valence-electron chi connectivity index (χ2n) is 5.74. The molecule has 2 atom stereocenters. The molecule has 0 spiro atoms. The van der Waals surface area contributed by atoms with Crippen LogP contribution in [0.25, 0.3) is 0 Å². The highest BCUT2D eigenvalue weighted by atomic mass is 16.5. The van der Waals surface area contributed by atoms with Crippen LogP contribution in [0.15, 0.2) is 0 Å². The van der Waals surface area contributed by atoms with Gasteiger partial charge in [0.2, 0.25) is 0 Å². The van der Waals surface area contributed by atoms with Crippen LogP contribution in [0.4, 0.5) is 0 Å². The number of hydrogen-bond donors (Lipinski definition) is 0. The number of rotatable bonds is 3. The number of carbonyl (C=O) groups is 1. The molecule has 0 N–H and O–H groups in total. The molecule has 0 aromatic carbocycles. The van der Waals surface area contributed by atoms with E-state index in [1.165, 1.54) is 6.29 Å². The Morgan fingerprint density at radius 2 is 1.81 bits per heavy atom. The molecule has 2 heterocycles. The summed E-state index contributed by atoms with van der Waals surface area (Å²) in [5, 5.41) is 0. The van der Waals surface area contributed by atoms with E-state index in [4.69, 9.17) is 4.74 Å². The summed E-state index contributed by atoms with van der Waals surface area (Å²) in [7, 11) is 0. The molecule has 3 heteroatoms. The first kappa shape index (κ1) is 12.1. The van der Waals surface area contributed by atoms with E-state index in [-0.39, 0.29) is 5.41 Å². The Labute approximate surface area is 98.1 Å². The molecule has 2 rings (SSSR count). The standard InChI is InChI=1S/C13H23NO2/c1-11-7-14(8-12(11)2)9-13(10-15)3-5-16-6-4-13/h10-12H,3-9H2,1-2H3. The van der Waals surface area contributed by atoms with E-state index in [1.54, 1.807) is 0 Å². The molecule has 2 aliphatic heterocycles. The predicted octanol–water partition coefficient (Wildman–Crippen LogP) is 1.57. The predicted molar refractivity (Wildman–Crippen MR) is 63.3 cm³/mol. The summed E-state index contributed by atoms with van der Waals surface area (Å²) in [6.45, 7) is 9.35. The van der Waals surface area contributed by atoms with Gasteiger partial charge in [0, 0.05) is 38.3 Å². The SMILES string of the molecule is CC1CN(CC2(C=O)CCOCC2)CC1C. The first-order valence-corrected chi connectivity index (χ1v) is 6.42. The Hall–Kier alpha value is -0.410. The third-order valence-electron chi connectivity index (χ3n) is 4.34. The highest BCUT2D eigenvalue weighted by molar-refractivity contribution is 5.60. The third-order valence-corrected chi connectivity index (χ3v) is 4.34. The Balaban J connectivity index is 1.94. The van der Waals surface area contributed by atoms with Crippen molar-refractivity contribution in [2.75, 3.05) is 32.8 Å². The van der Waals surface area contributed by atoms with Crippen LogP contribution in [0, 0.1) is 17.3 Å². The van der Waals surface area contributed by atoms with Gasteiger partial charge in [-0.25, -0.2) is 0 Å². The van der Waals surface area contributed by atoms with Crippen molar-refractivity contribution in [3.05, 3.63) is 0 Å². The molecule has 0 aromatic heterocycles. The molecule has 3 nitrogen and oxygen atoms in total. The van der Waals surface area contributed by atoms with E-state index in [1.807, 2.05) is 0 Å². The fourth-order valence-electron chi connectivity index (χ4n) is 2.91. The van der Waals surface area contributed by atoms with Crippen molar-refractivity contribution >= 4 is 6.29 Å². The Morgan fingerprint density at radius 1 is 1.25 bits per heavy atom. The minimum Gasteiger partial charge on any atom is -0.381 e. The van der Waals surface area contributed by atoms with Crippen molar-refractivity contribution in [3.63, 3.8) is 0 Å². The second-order valence-corrected chi connectivity index (χ2v) is 5.74. The third kappa shape index (κ3) is 2.46. The van der Waals surface area contributed by atoms with Gasteiger partial charge >= 0.3 is 0 Å². The average Bonchev–Trinajstić information content (AvgIpc) is 2.59. The lowest BCUT2D eigenvalue weighted by molar-refractivity contribution is -0.122. The molecule has 16 heavy (non-hydrogen) atoms. The molecule has 0 aliphatic carbocycles. The molecule has 2 fully saturated rings. The van der Waals surface area contributed by atoms with Gasteiger partial charge in [-0.3, -0.25) is 0 Å². The van der Waals surface area contributed by atoms with Gasteiger partial charge in [-0.05, 0) is 24.7 Å². The Bertz CT molecular complexity index is 238. The summed E-state index contributed by atoms with van der Waals surface area (Å²) in [4.78, 5) is 13.8. The summed E-state index contributed by atoms with van der Waals surface area (Å²) < 4.78 is 5.36. The molecule has 2 unspecified atom stereocenters. The Morgan fingerprint density at radius 3 is 2.31 bits per heavy atom. The highest BCUT2D eigenvalue weighted by Crippen LogP contribution is 2.32. The number of carbonyl (C=O) groups excluding carboxylic acids is 1. The quantitative estimate of drug-likeness (QED) is 0.683. The summed E-state index contributed by atoms with van der Waals surface area (Å²) in [5.74, 6) is 1.53. The molecule has 2 saturated heterocycles. The van der Waals surface area contributed by atoms with Crippen LogP contribution in [-0.2, 0) is 9.53 Å². The fraction of sp³-hybridized carbons (Fsp3) is 0.923. The van der Waals surface area contributed by atoms with E-state index < -0.39 is 0 Å². The minimum absolute atomic E-state index is 0.123. The van der Waals surface area contributed by atoms with Crippen LogP contribution in [0.3, 0.4) is 0 Å². The minimum atomic E-state index is -0.123. The topological polar surface area (TPSA) is 29.5 Å². The largest absolute Gasteiger partial charge is 0.381 e. The molecular weight excluding hydrogens is 202 g/mol. The number of hydrogen-bond acceptors (Lipinski definition) is 3. The van der Waals surface area contributed by atoms with Crippen LogP contribution in [0.2, 0.25) is 0 Å². The number of likely N-dealkylation sites (tertiary alicyclic amines) is 1. The van der Waals surface area contributed by atoms with Gasteiger partial charge in [-0.1, -0.05) is 13.8 Å². The lowest BCUT2D eigenvalue weighted by Crippen LogP contribution is -2.42. The maximum atomic E-state index is 11.4. The van der Waals surface area contributed by atoms with Gasteiger partial charge in [0.15, 0.2) is 0 Å². The van der Waals surface area contributed by atoms with Gasteiger partial charge < -0.3 is 14.4 Å². The smallest absolute Gasteiger partial charge is 0.127 e. The molecule has 0 bridgehead atoms. The van der Waals surface area contributed by atoms with E-state index in [0.717, 1.165) is 57.5 Å². The lowest BCUT2D eigenvalue weighted by Gasteiger charge is -2.35. The summed E-state index contributed by atoms with van der Waals surface area (Å²) in [6.07, 6.45) is 2.98. The van der Waals surface area contributed by atoms with Crippen LogP contribution in [0.1, 0.15) is 26.7 Å². The molecule has 0 radical (unpaired) electrons. The van der Waals surface area contributed by atoms with Gasteiger partial charge in [0.25, 0.3) is 0 Å². The van der Waals surface area contributed by atoms with Crippen molar-refractivity contribution in [1.82, 2.24) is 4.90 Å². The van der Waals surface area contributed by atoms with Gasteiger partial charge in [-0.2, -0.15) is 0 Å². The molecule has 92 valence electrons. The summed E-state index contributed by atoms with van der Waals surface area (Å²) >= 11 is 0. The van der Waals surface area contributed by atoms with Crippen molar-refractivity contribution in [2.24, 2.45) is 17.3 Å². The zero-order chi connectivity index (χ0) is 11.6. The highest BCUT2D eigenvalue weighted by Gasteiger charge is 2.37. The van der Waals surface area contributed by atoms with E-state index in [2.05, 4.69) is 18.7 Å². The van der Waals surface area contributed by atoms with Crippen molar-refractivity contribution in [3.8, 4) is 0 Å². The second kappa shape index (κ2) is 4.84. The molecule has 0 aromatic rings. The normalized spacial score (nSPS) is 35.1. The van der Waals surface area contributed by atoms with Crippen LogP contribution < -0.4 is 0 Å². The lowest BCUT2D eigenvalue weighted by atomic mass is 9.81. The number of ether oxygens (including phenoxy) is 1. The van der Waals surface area contributed by atoms with Crippen molar-refractivity contribution < 1.29 is 9.53 Å². The van der Waals surface area contributed by atoms with E-state index in [0.29, 0.717) is 0 Å². The summed E-state index contributed by atoms with van der Waals surface area (Å²) in [6, 6.07) is 0. The Kier molecular flexibility index (Phi) is 3.65. The van der Waals surface area contributed by atoms with Crippen LogP contribution >= 0.6 is 0 Å². The summed E-state index contributed by atoms with van der Waals surface area (Å²) in [5.41, 5.74) is -0.123. The molecule has 0 saturated carbocycles. The maximum absolute atomic E-state index is 11.4. The van der Waals surface area contributed by atoms with E-state index >= 15 is 0 Å². The fourth-order valence-corrected chi connectivity index (χ4v) is 2.91. The number of nitrogens with zero attached hydrogens (tertiary/aromatic N) is 1. The van der Waals surface area contributed by atoms with E-state index in [9.17, 15) is 4.79 Å². The van der Waals surface area contributed by atoms with Crippen LogP contribution in [-0.4, -0.2) is 44.0 Å².